The lowest BCUT2D eigenvalue weighted by molar-refractivity contribution is -0.133. The summed E-state index contributed by atoms with van der Waals surface area (Å²) in [5, 5.41) is 13.7. The van der Waals surface area contributed by atoms with Crippen LogP contribution in [0.25, 0.3) is 0 Å². The van der Waals surface area contributed by atoms with Crippen LogP contribution < -0.4 is 5.32 Å². The number of rotatable bonds is 3. The van der Waals surface area contributed by atoms with Crippen molar-refractivity contribution in [1.29, 1.82) is 0 Å². The molecule has 0 spiro atoms. The molecule has 25 heavy (non-hydrogen) atoms. The number of carbonyl (C=O) groups is 2. The molecule has 2 aromatic rings. The minimum absolute atomic E-state index is 0.208. The third-order valence-corrected chi connectivity index (χ3v) is 5.33. The van der Waals surface area contributed by atoms with Crippen molar-refractivity contribution in [3.63, 3.8) is 0 Å². The van der Waals surface area contributed by atoms with Gasteiger partial charge in [0, 0.05) is 16.8 Å². The Morgan fingerprint density at radius 1 is 1.12 bits per heavy atom. The van der Waals surface area contributed by atoms with Gasteiger partial charge in [-0.25, -0.2) is 0 Å². The molecule has 4 heteroatoms. The number of hydrogen-bond donors (Lipinski definition) is 2. The Kier molecular flexibility index (Phi) is 3.73. The lowest BCUT2D eigenvalue weighted by Crippen LogP contribution is -2.36. The molecule has 0 saturated carbocycles. The standard InChI is InChI=1S/C21H21NO3/c1-13-6-9-18-17(10-13)21(25,20(24)22-18)12-19(23)16-8-7-14-4-2-3-5-15(14)11-16/h6-11,25H,2-5,12H2,1H3,(H,22,24). The predicted octanol–water partition coefficient (Wildman–Crippen LogP) is 3.29. The normalized spacial score (nSPS) is 21.4. The van der Waals surface area contributed by atoms with Crippen LogP contribution in [-0.4, -0.2) is 16.8 Å². The van der Waals surface area contributed by atoms with Crippen LogP contribution in [0.15, 0.2) is 36.4 Å². The van der Waals surface area contributed by atoms with Gasteiger partial charge < -0.3 is 10.4 Å². The van der Waals surface area contributed by atoms with Gasteiger partial charge in [0.25, 0.3) is 5.91 Å². The molecule has 1 aliphatic heterocycles. The molecule has 1 aliphatic carbocycles. The summed E-state index contributed by atoms with van der Waals surface area (Å²) in [6.45, 7) is 1.90. The van der Waals surface area contributed by atoms with E-state index in [1.165, 1.54) is 17.5 Å². The second-order valence-corrected chi connectivity index (χ2v) is 7.15. The molecule has 1 amide bonds. The van der Waals surface area contributed by atoms with Crippen molar-refractivity contribution in [1.82, 2.24) is 0 Å². The fourth-order valence-electron chi connectivity index (χ4n) is 3.87. The first-order chi connectivity index (χ1) is 12.0. The van der Waals surface area contributed by atoms with Crippen LogP contribution in [-0.2, 0) is 23.2 Å². The van der Waals surface area contributed by atoms with Crippen molar-refractivity contribution in [2.24, 2.45) is 0 Å². The molecule has 4 rings (SSSR count). The minimum atomic E-state index is -1.80. The van der Waals surface area contributed by atoms with E-state index in [-0.39, 0.29) is 12.2 Å². The molecule has 4 nitrogen and oxygen atoms in total. The average molecular weight is 335 g/mol. The Morgan fingerprint density at radius 2 is 1.88 bits per heavy atom. The number of anilines is 1. The smallest absolute Gasteiger partial charge is 0.261 e. The molecule has 0 aromatic heterocycles. The zero-order valence-electron chi connectivity index (χ0n) is 14.3. The van der Waals surface area contributed by atoms with Crippen LogP contribution >= 0.6 is 0 Å². The van der Waals surface area contributed by atoms with E-state index >= 15 is 0 Å². The summed E-state index contributed by atoms with van der Waals surface area (Å²) in [6.07, 6.45) is 4.14. The quantitative estimate of drug-likeness (QED) is 0.846. The summed E-state index contributed by atoms with van der Waals surface area (Å²) in [7, 11) is 0. The molecule has 1 heterocycles. The van der Waals surface area contributed by atoms with E-state index in [2.05, 4.69) is 5.32 Å². The first-order valence-electron chi connectivity index (χ1n) is 8.77. The van der Waals surface area contributed by atoms with Crippen LogP contribution in [0, 0.1) is 6.92 Å². The van der Waals surface area contributed by atoms with Gasteiger partial charge >= 0.3 is 0 Å². The van der Waals surface area contributed by atoms with Gasteiger partial charge in [-0.2, -0.15) is 0 Å². The molecular formula is C21H21NO3. The number of aryl methyl sites for hydroxylation is 3. The average Bonchev–Trinajstić information content (AvgIpc) is 2.85. The number of aliphatic hydroxyl groups is 1. The van der Waals surface area contributed by atoms with E-state index in [4.69, 9.17) is 0 Å². The number of amides is 1. The van der Waals surface area contributed by atoms with Crippen molar-refractivity contribution in [3.05, 3.63) is 64.2 Å². The number of Topliss-reactive ketones (excluding diaryl/α,β-unsaturated/α-hetero) is 1. The van der Waals surface area contributed by atoms with Crippen LogP contribution in [0.5, 0.6) is 0 Å². The second-order valence-electron chi connectivity index (χ2n) is 7.15. The number of benzene rings is 2. The maximum absolute atomic E-state index is 12.8. The van der Waals surface area contributed by atoms with Gasteiger partial charge in [0.1, 0.15) is 0 Å². The Morgan fingerprint density at radius 3 is 2.68 bits per heavy atom. The summed E-state index contributed by atoms with van der Waals surface area (Å²) in [5.41, 5.74) is 3.31. The molecule has 128 valence electrons. The largest absolute Gasteiger partial charge is 0.375 e. The highest BCUT2D eigenvalue weighted by molar-refractivity contribution is 6.09. The lowest BCUT2D eigenvalue weighted by Gasteiger charge is -2.21. The molecule has 1 atom stereocenters. The third kappa shape index (κ3) is 2.67. The van der Waals surface area contributed by atoms with Gasteiger partial charge in [-0.1, -0.05) is 29.8 Å². The topological polar surface area (TPSA) is 66.4 Å². The van der Waals surface area contributed by atoms with Crippen molar-refractivity contribution in [3.8, 4) is 0 Å². The molecule has 2 N–H and O–H groups in total. The molecule has 1 unspecified atom stereocenters. The van der Waals surface area contributed by atoms with E-state index < -0.39 is 11.5 Å². The van der Waals surface area contributed by atoms with E-state index in [1.807, 2.05) is 31.2 Å². The van der Waals surface area contributed by atoms with Crippen molar-refractivity contribution in [2.75, 3.05) is 5.32 Å². The van der Waals surface area contributed by atoms with Crippen LogP contribution in [0.3, 0.4) is 0 Å². The van der Waals surface area contributed by atoms with E-state index in [0.717, 1.165) is 24.8 Å². The first-order valence-corrected chi connectivity index (χ1v) is 8.77. The summed E-state index contributed by atoms with van der Waals surface area (Å²) in [6, 6.07) is 11.2. The summed E-state index contributed by atoms with van der Waals surface area (Å²) >= 11 is 0. The summed E-state index contributed by atoms with van der Waals surface area (Å²) in [5.74, 6) is -0.736. The van der Waals surface area contributed by atoms with Gasteiger partial charge in [-0.15, -0.1) is 0 Å². The van der Waals surface area contributed by atoms with Crippen LogP contribution in [0.4, 0.5) is 5.69 Å². The second kappa shape index (κ2) is 5.81. The lowest BCUT2D eigenvalue weighted by atomic mass is 9.85. The Bertz CT molecular complexity index is 887. The highest BCUT2D eigenvalue weighted by Gasteiger charge is 2.46. The molecule has 0 fully saturated rings. The first kappa shape index (κ1) is 16.0. The Labute approximate surface area is 146 Å². The molecule has 0 radical (unpaired) electrons. The fourth-order valence-corrected chi connectivity index (χ4v) is 3.87. The number of hydrogen-bond acceptors (Lipinski definition) is 3. The van der Waals surface area contributed by atoms with E-state index in [0.29, 0.717) is 16.8 Å². The fraction of sp³-hybridized carbons (Fsp3) is 0.333. The molecule has 2 aliphatic rings. The number of nitrogens with one attached hydrogen (secondary N) is 1. The Hall–Kier alpha value is -2.46. The molecule has 0 saturated heterocycles. The van der Waals surface area contributed by atoms with Gasteiger partial charge in [-0.05, 0) is 55.9 Å². The number of carbonyl (C=O) groups excluding carboxylic acids is 2. The highest BCUT2D eigenvalue weighted by Crippen LogP contribution is 2.39. The monoisotopic (exact) mass is 335 g/mol. The molecule has 0 bridgehead atoms. The van der Waals surface area contributed by atoms with Gasteiger partial charge in [0.15, 0.2) is 11.4 Å². The number of ketones is 1. The van der Waals surface area contributed by atoms with Gasteiger partial charge in [-0.3, -0.25) is 9.59 Å². The van der Waals surface area contributed by atoms with Crippen LogP contribution in [0.1, 0.15) is 51.9 Å². The summed E-state index contributed by atoms with van der Waals surface area (Å²) in [4.78, 5) is 25.1. The molecule has 2 aromatic carbocycles. The molecular weight excluding hydrogens is 314 g/mol. The van der Waals surface area contributed by atoms with E-state index in [9.17, 15) is 14.7 Å². The van der Waals surface area contributed by atoms with Gasteiger partial charge in [0.2, 0.25) is 0 Å². The van der Waals surface area contributed by atoms with Crippen molar-refractivity contribution >= 4 is 17.4 Å². The van der Waals surface area contributed by atoms with Gasteiger partial charge in [0.05, 0.1) is 6.42 Å². The van der Waals surface area contributed by atoms with Crippen molar-refractivity contribution in [2.45, 2.75) is 44.6 Å². The maximum Gasteiger partial charge on any atom is 0.261 e. The van der Waals surface area contributed by atoms with E-state index in [1.54, 1.807) is 12.1 Å². The highest BCUT2D eigenvalue weighted by atomic mass is 16.3. The SMILES string of the molecule is Cc1ccc2c(c1)C(O)(CC(=O)c1ccc3c(c1)CCCC3)C(=O)N2. The number of fused-ring (bicyclic) bond motifs is 2. The predicted molar refractivity (Wildman–Crippen MR) is 95.7 cm³/mol. The van der Waals surface area contributed by atoms with Crippen LogP contribution in [0.2, 0.25) is 0 Å². The maximum atomic E-state index is 12.8. The van der Waals surface area contributed by atoms with Crippen molar-refractivity contribution < 1.29 is 14.7 Å². The minimum Gasteiger partial charge on any atom is -0.375 e. The zero-order chi connectivity index (χ0) is 17.6. The zero-order valence-corrected chi connectivity index (χ0v) is 14.3. The summed E-state index contributed by atoms with van der Waals surface area (Å²) < 4.78 is 0. The third-order valence-electron chi connectivity index (χ3n) is 5.33. The Balaban J connectivity index is 1.65.